The van der Waals surface area contributed by atoms with Crippen molar-refractivity contribution in [2.24, 2.45) is 5.73 Å². The molecule has 0 aromatic heterocycles. The first-order chi connectivity index (χ1) is 6.52. The van der Waals surface area contributed by atoms with Crippen molar-refractivity contribution in [1.82, 2.24) is 3.08 Å². The van der Waals surface area contributed by atoms with Gasteiger partial charge in [0.05, 0.1) is 0 Å². The number of nitrogens with two attached hydrogens (primary N) is 1. The van der Waals surface area contributed by atoms with Gasteiger partial charge in [-0.1, -0.05) is 0 Å². The van der Waals surface area contributed by atoms with Crippen LogP contribution in [0.4, 0.5) is 0 Å². The van der Waals surface area contributed by atoms with Gasteiger partial charge in [0.25, 0.3) is 0 Å². The number of aliphatic carboxylic acids is 1. The van der Waals surface area contributed by atoms with Crippen LogP contribution in [0.25, 0.3) is 0 Å². The van der Waals surface area contributed by atoms with Crippen LogP contribution in [0.3, 0.4) is 0 Å². The Morgan fingerprint density at radius 3 is 2.36 bits per heavy atom. The first kappa shape index (κ1) is 14.7. The van der Waals surface area contributed by atoms with Gasteiger partial charge in [-0.25, -0.2) is 0 Å². The van der Waals surface area contributed by atoms with E-state index in [9.17, 15) is 9.59 Å². The number of hydrogen-bond acceptors (Lipinski definition) is 6. The zero-order valence-electron chi connectivity index (χ0n) is 7.51. The third-order valence-electron chi connectivity index (χ3n) is 1.61. The van der Waals surface area contributed by atoms with E-state index in [4.69, 9.17) is 10.8 Å². The molecule has 0 radical (unpaired) electrons. The second-order valence-electron chi connectivity index (χ2n) is 2.71. The Morgan fingerprint density at radius 2 is 2.00 bits per heavy atom. The van der Waals surface area contributed by atoms with Crippen LogP contribution in [0.15, 0.2) is 0 Å². The van der Waals surface area contributed by atoms with Gasteiger partial charge < -0.3 is 0 Å². The monoisotopic (exact) mass is 426 g/mol. The predicted octanol–water partition coefficient (Wildman–Crippen LogP) is -1.26. The molecule has 0 fully saturated rings. The molecule has 0 heterocycles. The molecule has 78 valence electrons. The van der Waals surface area contributed by atoms with Crippen LogP contribution in [0.5, 0.6) is 0 Å². The third-order valence-corrected chi connectivity index (χ3v) is 8.47. The molecule has 0 aromatic carbocycles. The molecule has 0 bridgehead atoms. The average Bonchev–Trinajstić information content (AvgIpc) is 2.16. The number of thiol groups is 2. The number of carboxylic acids is 1. The molecule has 0 spiro atoms. The summed E-state index contributed by atoms with van der Waals surface area (Å²) in [6.45, 7) is 0. The molecular formula is C6H12HgN2O3S2. The zero-order valence-corrected chi connectivity index (χ0v) is 14.8. The van der Waals surface area contributed by atoms with Crippen molar-refractivity contribution in [2.75, 3.05) is 11.5 Å². The van der Waals surface area contributed by atoms with Crippen LogP contribution in [0, 0.1) is 0 Å². The van der Waals surface area contributed by atoms with E-state index in [1.165, 1.54) is 0 Å². The second kappa shape index (κ2) is 7.92. The number of carbonyl (C=O) groups excluding carboxylic acids is 1. The van der Waals surface area contributed by atoms with Crippen LogP contribution in [0.1, 0.15) is 0 Å². The van der Waals surface area contributed by atoms with E-state index in [2.05, 4.69) is 28.3 Å². The minimum absolute atomic E-state index is 0.0342. The van der Waals surface area contributed by atoms with Gasteiger partial charge in [-0.15, -0.1) is 0 Å². The number of carboxylic acid groups (broad SMARTS) is 1. The van der Waals surface area contributed by atoms with Crippen molar-refractivity contribution in [1.29, 1.82) is 0 Å². The summed E-state index contributed by atoms with van der Waals surface area (Å²) < 4.78 is 2.73. The fraction of sp³-hybridized carbons (Fsp3) is 0.667. The molecule has 0 saturated heterocycles. The third kappa shape index (κ3) is 5.55. The maximum atomic E-state index is 11.3. The van der Waals surface area contributed by atoms with Crippen molar-refractivity contribution < 1.29 is 39.6 Å². The van der Waals surface area contributed by atoms with E-state index in [0.29, 0.717) is 5.75 Å². The summed E-state index contributed by atoms with van der Waals surface area (Å²) in [5, 5.41) is 8.65. The van der Waals surface area contributed by atoms with Crippen LogP contribution in [-0.4, -0.2) is 38.0 Å². The summed E-state index contributed by atoms with van der Waals surface area (Å²) in [7, 11) is 0. The topological polar surface area (TPSA) is 92.4 Å². The predicted molar refractivity (Wildman–Crippen MR) is 55.2 cm³/mol. The van der Waals surface area contributed by atoms with Crippen molar-refractivity contribution in [3.63, 3.8) is 0 Å². The summed E-state index contributed by atoms with van der Waals surface area (Å²) >= 11 is 5.70. The SMILES string of the molecule is N[C@@H](CS)[C](=O)[Hg][NH][C@@H](CS)C(=O)O. The maximum absolute atomic E-state index is 11.3. The summed E-state index contributed by atoms with van der Waals surface area (Å²) in [6, 6.07) is -1.28. The van der Waals surface area contributed by atoms with E-state index in [0.717, 1.165) is 0 Å². The van der Waals surface area contributed by atoms with Gasteiger partial charge in [-0.2, -0.15) is 0 Å². The average molecular weight is 425 g/mol. The van der Waals surface area contributed by atoms with Crippen molar-refractivity contribution in [3.8, 4) is 0 Å². The van der Waals surface area contributed by atoms with Gasteiger partial charge in [-0.05, 0) is 0 Å². The van der Waals surface area contributed by atoms with Gasteiger partial charge in [0.15, 0.2) is 0 Å². The minimum atomic E-state index is -2.06. The molecule has 0 aliphatic carbocycles. The summed E-state index contributed by atoms with van der Waals surface area (Å²) in [5.74, 6) is -0.495. The molecule has 8 heteroatoms. The Hall–Kier alpha value is 0.695. The van der Waals surface area contributed by atoms with Crippen molar-refractivity contribution in [2.45, 2.75) is 12.1 Å². The van der Waals surface area contributed by atoms with Gasteiger partial charge in [-0.3, -0.25) is 0 Å². The molecule has 2 atom stereocenters. The Morgan fingerprint density at radius 1 is 1.43 bits per heavy atom. The normalized spacial score (nSPS) is 14.2. The van der Waals surface area contributed by atoms with Gasteiger partial charge in [0, 0.05) is 0 Å². The zero-order chi connectivity index (χ0) is 11.1. The summed E-state index contributed by atoms with van der Waals surface area (Å²) in [6.07, 6.45) is 0. The van der Waals surface area contributed by atoms with Crippen molar-refractivity contribution in [3.05, 3.63) is 0 Å². The molecule has 4 N–H and O–H groups in total. The van der Waals surface area contributed by atoms with E-state index in [1.807, 2.05) is 0 Å². The molecule has 5 nitrogen and oxygen atoms in total. The molecule has 0 saturated carbocycles. The molecule has 0 aliphatic heterocycles. The van der Waals surface area contributed by atoms with Crippen molar-refractivity contribution >= 4 is 34.5 Å². The molecule has 0 aromatic rings. The Bertz CT molecular complexity index is 217. The molecule has 0 rings (SSSR count). The fourth-order valence-electron chi connectivity index (χ4n) is 0.687. The van der Waals surface area contributed by atoms with Crippen LogP contribution < -0.4 is 8.81 Å². The number of nitrogens with one attached hydrogen (secondary N) is 1. The summed E-state index contributed by atoms with van der Waals surface area (Å²) in [5.41, 5.74) is 5.44. The molecule has 0 unspecified atom stereocenters. The van der Waals surface area contributed by atoms with Gasteiger partial charge >= 0.3 is 106 Å². The Labute approximate surface area is 106 Å². The standard InChI is InChI=1S/C3H6NO2S.C3H6NOS.Hg/c4-2(1-7)3(5)6;4-3(1-5)2-6;/h2,4,7H,1H2,(H,5,6);3,6H,2,4H2;/q-1;;+1/t2-;3-;/m01./s1. The van der Waals surface area contributed by atoms with Gasteiger partial charge in [0.1, 0.15) is 0 Å². The van der Waals surface area contributed by atoms with Crippen LogP contribution in [0.2, 0.25) is 0 Å². The molecule has 0 aliphatic rings. The number of rotatable bonds is 7. The quantitative estimate of drug-likeness (QED) is 0.260. The van der Waals surface area contributed by atoms with Crippen LogP contribution in [-0.2, 0) is 34.5 Å². The molecular weight excluding hydrogens is 413 g/mol. The first-order valence-corrected chi connectivity index (χ1v) is 10.7. The van der Waals surface area contributed by atoms with E-state index in [1.54, 1.807) is 0 Å². The first-order valence-electron chi connectivity index (χ1n) is 3.99. The number of carbonyl (C=O) groups is 2. The Kier molecular flexibility index (Phi) is 8.31. The summed E-state index contributed by atoms with van der Waals surface area (Å²) in [4.78, 5) is 21.8. The van der Waals surface area contributed by atoms with E-state index < -0.39 is 42.9 Å². The fourth-order valence-corrected chi connectivity index (χ4v) is 7.62. The van der Waals surface area contributed by atoms with Crippen LogP contribution >= 0.6 is 25.3 Å². The van der Waals surface area contributed by atoms with E-state index >= 15 is 0 Å². The second-order valence-corrected chi connectivity index (χ2v) is 9.11. The van der Waals surface area contributed by atoms with Gasteiger partial charge in [0.2, 0.25) is 0 Å². The van der Waals surface area contributed by atoms with E-state index in [-0.39, 0.29) is 9.04 Å². The molecule has 0 amide bonds. The number of hydrogen-bond donors (Lipinski definition) is 5. The Balaban J connectivity index is 3.91. The molecule has 14 heavy (non-hydrogen) atoms.